The maximum Gasteiger partial charge on any atom is 0.303 e. The second-order valence-corrected chi connectivity index (χ2v) is 6.67. The number of rotatable bonds is 3. The van der Waals surface area contributed by atoms with Gasteiger partial charge >= 0.3 is 11.9 Å². The first-order chi connectivity index (χ1) is 13.4. The van der Waals surface area contributed by atoms with Crippen LogP contribution in [0.5, 0.6) is 0 Å². The van der Waals surface area contributed by atoms with Crippen LogP contribution in [-0.4, -0.2) is 40.2 Å². The Labute approximate surface area is 168 Å². The molecular weight excluding hydrogens is 380 g/mol. The molecule has 1 aromatic rings. The summed E-state index contributed by atoms with van der Waals surface area (Å²) >= 11 is 5.95. The number of hydrogen-bond acceptors (Lipinski definition) is 4. The number of terminal acetylenes is 1. The third-order valence-electron chi connectivity index (χ3n) is 4.13. The van der Waals surface area contributed by atoms with Crippen LogP contribution in [0.1, 0.15) is 29.9 Å². The third-order valence-corrected chi connectivity index (χ3v) is 4.36. The number of benzene rings is 1. The number of carboxylic acid groups (broad SMARTS) is 2. The van der Waals surface area contributed by atoms with Crippen LogP contribution in [0.3, 0.4) is 0 Å². The Balaban J connectivity index is 0.000000168. The molecule has 0 amide bonds. The molecule has 6 nitrogen and oxygen atoms in total. The zero-order valence-corrected chi connectivity index (χ0v) is 15.9. The number of nitrogens with one attached hydrogen (secondary N) is 1. The summed E-state index contributed by atoms with van der Waals surface area (Å²) in [6, 6.07) is 10.1. The first-order valence-electron chi connectivity index (χ1n) is 8.76. The summed E-state index contributed by atoms with van der Waals surface area (Å²) in [6.45, 7) is 1.84. The fourth-order valence-electron chi connectivity index (χ4n) is 2.63. The minimum absolute atomic E-state index is 0.185. The number of hydrogen-bond donors (Lipinski definition) is 3. The summed E-state index contributed by atoms with van der Waals surface area (Å²) in [7, 11) is 0. The van der Waals surface area contributed by atoms with Gasteiger partial charge < -0.3 is 15.5 Å². The van der Waals surface area contributed by atoms with Crippen molar-refractivity contribution in [1.29, 1.82) is 0 Å². The van der Waals surface area contributed by atoms with Crippen molar-refractivity contribution in [1.82, 2.24) is 10.3 Å². The van der Waals surface area contributed by atoms with Crippen LogP contribution in [0.4, 0.5) is 0 Å². The Kier molecular flexibility index (Phi) is 8.00. The van der Waals surface area contributed by atoms with Crippen molar-refractivity contribution >= 4 is 23.5 Å². The average molecular weight is 401 g/mol. The Morgan fingerprint density at radius 3 is 2.39 bits per heavy atom. The molecule has 1 unspecified atom stereocenters. The van der Waals surface area contributed by atoms with Crippen LogP contribution in [0.25, 0.3) is 11.3 Å². The number of pyridine rings is 1. The quantitative estimate of drug-likeness (QED) is 0.584. The van der Waals surface area contributed by atoms with E-state index in [0.717, 1.165) is 24.5 Å². The fraction of sp³-hybridized carbons (Fsp3) is 0.286. The Bertz CT molecular complexity index is 861. The molecule has 0 radical (unpaired) electrons. The molecule has 0 saturated heterocycles. The lowest BCUT2D eigenvalue weighted by Gasteiger charge is -2.11. The van der Waals surface area contributed by atoms with E-state index in [1.807, 2.05) is 24.4 Å². The molecule has 3 aliphatic rings. The molecule has 0 spiro atoms. The fourth-order valence-corrected chi connectivity index (χ4v) is 2.82. The topological polar surface area (TPSA) is 99.5 Å². The predicted molar refractivity (Wildman–Crippen MR) is 107 cm³/mol. The minimum atomic E-state index is -1.08. The molecule has 28 heavy (non-hydrogen) atoms. The standard InChI is InChI=1S/C12H12ClN.C5H3N.C4H6O4/c1-2-9-8-14-6-5-10-7-11(13)3-4-12(9)10;1-2-6-5-3-4(1)5;5-3(6)1-2-4(7)8/h1,3-4,7,9,14H,5-6,8H2;1-3H;1-2H2,(H,5,6)(H,7,8). The number of carboxylic acids is 2. The van der Waals surface area contributed by atoms with Gasteiger partial charge in [0, 0.05) is 23.3 Å². The second kappa shape index (κ2) is 10.5. The molecule has 3 N–H and O–H groups in total. The predicted octanol–water partition coefficient (Wildman–Crippen LogP) is 3.20. The Hall–Kier alpha value is -2.88. The number of halogens is 1. The number of fused-ring (bicyclic) bond motifs is 2. The molecule has 0 saturated carbocycles. The SMILES string of the molecule is C#CC1CNCCc2cc(Cl)ccc21.O=C(O)CCC(=O)O.c1cc2cc-2n1. The Morgan fingerprint density at radius 1 is 1.21 bits per heavy atom. The molecule has 146 valence electrons. The number of aromatic nitrogens is 1. The lowest BCUT2D eigenvalue weighted by Crippen LogP contribution is -2.19. The van der Waals surface area contributed by atoms with Crippen molar-refractivity contribution in [3.63, 3.8) is 0 Å². The van der Waals surface area contributed by atoms with Gasteiger partial charge in [-0.05, 0) is 48.4 Å². The first kappa shape index (κ1) is 21.4. The summed E-state index contributed by atoms with van der Waals surface area (Å²) in [5.74, 6) is 0.846. The smallest absolute Gasteiger partial charge is 0.303 e. The Morgan fingerprint density at radius 2 is 1.93 bits per heavy atom. The van der Waals surface area contributed by atoms with Gasteiger partial charge in [0.05, 0.1) is 24.5 Å². The monoisotopic (exact) mass is 400 g/mol. The van der Waals surface area contributed by atoms with Crippen molar-refractivity contribution < 1.29 is 19.8 Å². The van der Waals surface area contributed by atoms with Crippen LogP contribution in [0.15, 0.2) is 36.5 Å². The van der Waals surface area contributed by atoms with Crippen molar-refractivity contribution in [3.8, 4) is 23.6 Å². The van der Waals surface area contributed by atoms with E-state index in [1.54, 1.807) is 0 Å². The van der Waals surface area contributed by atoms with E-state index >= 15 is 0 Å². The van der Waals surface area contributed by atoms with Crippen LogP contribution in [0.2, 0.25) is 5.02 Å². The maximum absolute atomic E-state index is 9.64. The number of nitrogens with zero attached hydrogens (tertiary/aromatic N) is 1. The molecular formula is C21H21ClN2O4. The van der Waals surface area contributed by atoms with E-state index in [4.69, 9.17) is 28.2 Å². The van der Waals surface area contributed by atoms with Crippen molar-refractivity contribution in [2.75, 3.05) is 13.1 Å². The summed E-state index contributed by atoms with van der Waals surface area (Å²) in [5.41, 5.74) is 5.03. The van der Waals surface area contributed by atoms with Gasteiger partial charge in [-0.2, -0.15) is 0 Å². The highest BCUT2D eigenvalue weighted by Crippen LogP contribution is 2.29. The number of carbonyl (C=O) groups is 2. The summed E-state index contributed by atoms with van der Waals surface area (Å²) in [5, 5.41) is 19.9. The highest BCUT2D eigenvalue weighted by molar-refractivity contribution is 6.30. The average Bonchev–Trinajstić information content (AvgIpc) is 3.33. The summed E-state index contributed by atoms with van der Waals surface area (Å²) < 4.78 is 0. The van der Waals surface area contributed by atoms with Gasteiger partial charge in [-0.25, -0.2) is 0 Å². The van der Waals surface area contributed by atoms with Gasteiger partial charge in [0.1, 0.15) is 0 Å². The normalized spacial score (nSPS) is 15.2. The molecule has 1 aromatic carbocycles. The van der Waals surface area contributed by atoms with Crippen LogP contribution in [0, 0.1) is 12.3 Å². The highest BCUT2D eigenvalue weighted by atomic mass is 35.5. The molecule has 4 rings (SSSR count). The van der Waals surface area contributed by atoms with Crippen LogP contribution >= 0.6 is 11.6 Å². The molecule has 0 aromatic heterocycles. The summed E-state index contributed by atoms with van der Waals surface area (Å²) in [4.78, 5) is 23.2. The highest BCUT2D eigenvalue weighted by Gasteiger charge is 2.16. The second-order valence-electron chi connectivity index (χ2n) is 6.23. The molecule has 0 bridgehead atoms. The minimum Gasteiger partial charge on any atom is -0.481 e. The van der Waals surface area contributed by atoms with E-state index in [0.29, 0.717) is 0 Å². The van der Waals surface area contributed by atoms with E-state index < -0.39 is 11.9 Å². The zero-order chi connectivity index (χ0) is 20.5. The van der Waals surface area contributed by atoms with Crippen LogP contribution in [-0.2, 0) is 16.0 Å². The van der Waals surface area contributed by atoms with Gasteiger partial charge in [-0.3, -0.25) is 14.6 Å². The maximum atomic E-state index is 9.64. The van der Waals surface area contributed by atoms with E-state index in [2.05, 4.69) is 28.4 Å². The van der Waals surface area contributed by atoms with Gasteiger partial charge in [0.15, 0.2) is 0 Å². The van der Waals surface area contributed by atoms with E-state index in [-0.39, 0.29) is 18.8 Å². The molecule has 1 atom stereocenters. The lowest BCUT2D eigenvalue weighted by molar-refractivity contribution is -0.143. The van der Waals surface area contributed by atoms with Gasteiger partial charge in [0.2, 0.25) is 0 Å². The largest absolute Gasteiger partial charge is 0.481 e. The lowest BCUT2D eigenvalue weighted by atomic mass is 9.95. The van der Waals surface area contributed by atoms with E-state index in [1.165, 1.54) is 22.4 Å². The van der Waals surface area contributed by atoms with Crippen molar-refractivity contribution in [2.45, 2.75) is 25.2 Å². The molecule has 2 heterocycles. The van der Waals surface area contributed by atoms with Crippen molar-refractivity contribution in [3.05, 3.63) is 52.7 Å². The summed E-state index contributed by atoms with van der Waals surface area (Å²) in [6.07, 6.45) is 7.74. The molecule has 0 fully saturated rings. The van der Waals surface area contributed by atoms with Crippen molar-refractivity contribution in [2.24, 2.45) is 0 Å². The number of aliphatic carboxylic acids is 2. The molecule has 1 aliphatic carbocycles. The zero-order valence-electron chi connectivity index (χ0n) is 15.2. The van der Waals surface area contributed by atoms with E-state index in [9.17, 15) is 9.59 Å². The molecule has 2 aliphatic heterocycles. The van der Waals surface area contributed by atoms with Gasteiger partial charge in [0.25, 0.3) is 0 Å². The third kappa shape index (κ3) is 7.03. The first-order valence-corrected chi connectivity index (χ1v) is 9.13. The van der Waals surface area contributed by atoms with Gasteiger partial charge in [-0.15, -0.1) is 6.42 Å². The molecule has 7 heteroatoms. The van der Waals surface area contributed by atoms with Crippen LogP contribution < -0.4 is 5.32 Å². The van der Waals surface area contributed by atoms with Gasteiger partial charge in [-0.1, -0.05) is 23.6 Å².